The maximum atomic E-state index is 5.33. The Morgan fingerprint density at radius 3 is 2.94 bits per heavy atom. The number of hydrogen-bond donors (Lipinski definition) is 2. The Morgan fingerprint density at radius 2 is 2.17 bits per heavy atom. The van der Waals surface area contributed by atoms with Crippen LogP contribution in [0.3, 0.4) is 0 Å². The minimum absolute atomic E-state index is 0.306. The fourth-order valence-electron chi connectivity index (χ4n) is 1.61. The smallest absolute Gasteiger partial charge is 0.231 e. The molecule has 0 aromatic heterocycles. The molecule has 98 valence electrons. The number of hydrogen-bond acceptors (Lipinski definition) is 3. The largest absolute Gasteiger partial charge is 0.454 e. The molecule has 0 amide bonds. The third-order valence-electron chi connectivity index (χ3n) is 2.88. The van der Waals surface area contributed by atoms with Gasteiger partial charge >= 0.3 is 0 Å². The molecule has 5 heteroatoms. The summed E-state index contributed by atoms with van der Waals surface area (Å²) < 4.78 is 10.6. The first kappa shape index (κ1) is 13.0. The maximum Gasteiger partial charge on any atom is 0.231 e. The van der Waals surface area contributed by atoms with E-state index >= 15 is 0 Å². The average molecular weight is 266 g/mol. The van der Waals surface area contributed by atoms with Crippen molar-refractivity contribution in [1.82, 2.24) is 10.6 Å². The molecule has 0 bridgehead atoms. The lowest BCUT2D eigenvalue weighted by atomic mass is 10.2. The molecule has 0 spiro atoms. The lowest BCUT2D eigenvalue weighted by Gasteiger charge is -2.15. The monoisotopic (exact) mass is 266 g/mol. The molecule has 0 radical (unpaired) electrons. The van der Waals surface area contributed by atoms with Gasteiger partial charge in [0.25, 0.3) is 0 Å². The molecular formula is C13H18N2O2S. The molecule has 2 N–H and O–H groups in total. The van der Waals surface area contributed by atoms with Crippen molar-refractivity contribution in [2.75, 3.05) is 6.79 Å². The predicted molar refractivity (Wildman–Crippen MR) is 74.9 cm³/mol. The van der Waals surface area contributed by atoms with Gasteiger partial charge in [0.05, 0.1) is 0 Å². The van der Waals surface area contributed by atoms with E-state index < -0.39 is 0 Å². The molecule has 0 saturated heterocycles. The van der Waals surface area contributed by atoms with E-state index in [1.165, 1.54) is 0 Å². The van der Waals surface area contributed by atoms with Crippen LogP contribution in [0.25, 0.3) is 0 Å². The molecule has 1 unspecified atom stereocenters. The van der Waals surface area contributed by atoms with Gasteiger partial charge in [-0.1, -0.05) is 13.0 Å². The second-order valence-corrected chi connectivity index (χ2v) is 4.73. The quantitative estimate of drug-likeness (QED) is 0.818. The molecule has 18 heavy (non-hydrogen) atoms. The van der Waals surface area contributed by atoms with Gasteiger partial charge in [-0.25, -0.2) is 0 Å². The third kappa shape index (κ3) is 3.26. The van der Waals surface area contributed by atoms with E-state index in [0.717, 1.165) is 23.5 Å². The lowest BCUT2D eigenvalue weighted by molar-refractivity contribution is 0.174. The number of benzene rings is 1. The van der Waals surface area contributed by atoms with E-state index in [2.05, 4.69) is 24.5 Å². The van der Waals surface area contributed by atoms with Crippen molar-refractivity contribution in [2.24, 2.45) is 0 Å². The fourth-order valence-corrected chi connectivity index (χ4v) is 1.88. The summed E-state index contributed by atoms with van der Waals surface area (Å²) in [6, 6.07) is 6.29. The molecule has 0 saturated carbocycles. The second-order valence-electron chi connectivity index (χ2n) is 4.32. The zero-order chi connectivity index (χ0) is 13.0. The Morgan fingerprint density at radius 1 is 1.39 bits per heavy atom. The summed E-state index contributed by atoms with van der Waals surface area (Å²) in [7, 11) is 0. The van der Waals surface area contributed by atoms with Crippen molar-refractivity contribution in [3.8, 4) is 11.5 Å². The Hall–Kier alpha value is -1.49. The van der Waals surface area contributed by atoms with Crippen LogP contribution < -0.4 is 20.1 Å². The van der Waals surface area contributed by atoms with Crippen LogP contribution >= 0.6 is 12.2 Å². The van der Waals surface area contributed by atoms with Crippen LogP contribution in [0.15, 0.2) is 18.2 Å². The number of rotatable bonds is 4. The minimum Gasteiger partial charge on any atom is -0.454 e. The van der Waals surface area contributed by atoms with Gasteiger partial charge in [0.2, 0.25) is 6.79 Å². The van der Waals surface area contributed by atoms with Gasteiger partial charge in [-0.15, -0.1) is 0 Å². The average Bonchev–Trinajstić information content (AvgIpc) is 2.83. The van der Waals surface area contributed by atoms with Crippen LogP contribution in [0.4, 0.5) is 0 Å². The molecule has 2 rings (SSSR count). The minimum atomic E-state index is 0.306. The number of fused-ring (bicyclic) bond motifs is 1. The highest BCUT2D eigenvalue weighted by Gasteiger charge is 2.13. The first-order valence-electron chi connectivity index (χ1n) is 6.12. The Bertz CT molecular complexity index is 437. The van der Waals surface area contributed by atoms with Crippen LogP contribution in [0, 0.1) is 0 Å². The molecule has 1 atom stereocenters. The van der Waals surface area contributed by atoms with Gasteiger partial charge in [0.1, 0.15) is 0 Å². The van der Waals surface area contributed by atoms with E-state index in [0.29, 0.717) is 24.5 Å². The van der Waals surface area contributed by atoms with Crippen molar-refractivity contribution < 1.29 is 9.47 Å². The summed E-state index contributed by atoms with van der Waals surface area (Å²) >= 11 is 5.22. The van der Waals surface area contributed by atoms with Gasteiger partial charge in [-0.2, -0.15) is 0 Å². The van der Waals surface area contributed by atoms with Gasteiger partial charge in [-0.3, -0.25) is 0 Å². The Labute approximate surface area is 113 Å². The molecule has 1 aromatic carbocycles. The van der Waals surface area contributed by atoms with Crippen molar-refractivity contribution in [3.63, 3.8) is 0 Å². The fraction of sp³-hybridized carbons (Fsp3) is 0.462. The standard InChI is InChI=1S/C13H18N2O2S/c1-3-9(2)15-13(18)14-7-10-4-5-11-12(6-10)17-8-16-11/h4-6,9H,3,7-8H2,1-2H3,(H2,14,15,18). The van der Waals surface area contributed by atoms with Gasteiger partial charge < -0.3 is 20.1 Å². The molecular weight excluding hydrogens is 248 g/mol. The molecule has 1 aromatic rings. The van der Waals surface area contributed by atoms with Crippen LogP contribution in [-0.2, 0) is 6.54 Å². The molecule has 1 aliphatic heterocycles. The van der Waals surface area contributed by atoms with Crippen molar-refractivity contribution in [3.05, 3.63) is 23.8 Å². The summed E-state index contributed by atoms with van der Waals surface area (Å²) in [4.78, 5) is 0. The third-order valence-corrected chi connectivity index (χ3v) is 3.14. The topological polar surface area (TPSA) is 42.5 Å². The molecule has 1 aliphatic rings. The number of ether oxygens (including phenoxy) is 2. The first-order valence-corrected chi connectivity index (χ1v) is 6.52. The van der Waals surface area contributed by atoms with E-state index in [1.54, 1.807) is 0 Å². The summed E-state index contributed by atoms with van der Waals surface area (Å²) in [6.07, 6.45) is 1.05. The Kier molecular flexibility index (Phi) is 4.25. The summed E-state index contributed by atoms with van der Waals surface area (Å²) in [5.74, 6) is 1.61. The number of thiocarbonyl (C=S) groups is 1. The SMILES string of the molecule is CCC(C)NC(=S)NCc1ccc2c(c1)OCO2. The van der Waals surface area contributed by atoms with Crippen molar-refractivity contribution >= 4 is 17.3 Å². The van der Waals surface area contributed by atoms with Crippen molar-refractivity contribution in [1.29, 1.82) is 0 Å². The maximum absolute atomic E-state index is 5.33. The molecule has 4 nitrogen and oxygen atoms in total. The zero-order valence-electron chi connectivity index (χ0n) is 10.7. The van der Waals surface area contributed by atoms with Gasteiger partial charge in [0, 0.05) is 12.6 Å². The van der Waals surface area contributed by atoms with Crippen molar-refractivity contribution in [2.45, 2.75) is 32.9 Å². The lowest BCUT2D eigenvalue weighted by Crippen LogP contribution is -2.39. The molecule has 1 heterocycles. The van der Waals surface area contributed by atoms with Crippen LogP contribution in [0.2, 0.25) is 0 Å². The van der Waals surface area contributed by atoms with Crippen LogP contribution in [-0.4, -0.2) is 17.9 Å². The molecule has 0 fully saturated rings. The summed E-state index contributed by atoms with van der Waals surface area (Å²) in [5, 5.41) is 7.08. The Balaban J connectivity index is 1.85. The van der Waals surface area contributed by atoms with E-state index in [-0.39, 0.29) is 0 Å². The van der Waals surface area contributed by atoms with E-state index in [1.807, 2.05) is 18.2 Å². The first-order chi connectivity index (χ1) is 8.69. The zero-order valence-corrected chi connectivity index (χ0v) is 11.5. The van der Waals surface area contributed by atoms with E-state index in [9.17, 15) is 0 Å². The van der Waals surface area contributed by atoms with Gasteiger partial charge in [0.15, 0.2) is 16.6 Å². The normalized spacial score (nSPS) is 14.1. The van der Waals surface area contributed by atoms with Gasteiger partial charge in [-0.05, 0) is 43.3 Å². The van der Waals surface area contributed by atoms with E-state index in [4.69, 9.17) is 21.7 Å². The van der Waals surface area contributed by atoms with Crippen LogP contribution in [0.5, 0.6) is 11.5 Å². The predicted octanol–water partition coefficient (Wildman–Crippen LogP) is 2.18. The summed E-state index contributed by atoms with van der Waals surface area (Å²) in [5.41, 5.74) is 1.12. The summed E-state index contributed by atoms with van der Waals surface area (Å²) in [6.45, 7) is 5.21. The highest BCUT2D eigenvalue weighted by Crippen LogP contribution is 2.32. The van der Waals surface area contributed by atoms with Crippen LogP contribution in [0.1, 0.15) is 25.8 Å². The highest BCUT2D eigenvalue weighted by atomic mass is 32.1. The molecule has 0 aliphatic carbocycles. The second kappa shape index (κ2) is 5.91. The number of nitrogens with one attached hydrogen (secondary N) is 2. The highest BCUT2D eigenvalue weighted by molar-refractivity contribution is 7.80.